The van der Waals surface area contributed by atoms with Crippen molar-refractivity contribution in [2.45, 2.75) is 39.3 Å². The van der Waals surface area contributed by atoms with Gasteiger partial charge in [-0.25, -0.2) is 0 Å². The van der Waals surface area contributed by atoms with Gasteiger partial charge < -0.3 is 14.8 Å². The van der Waals surface area contributed by atoms with Crippen LogP contribution in [0.25, 0.3) is 0 Å². The molecule has 1 aliphatic rings. The monoisotopic (exact) mass is 244 g/mol. The van der Waals surface area contributed by atoms with E-state index in [9.17, 15) is 0 Å². The lowest BCUT2D eigenvalue weighted by Crippen LogP contribution is -2.44. The van der Waals surface area contributed by atoms with E-state index in [4.69, 9.17) is 9.47 Å². The lowest BCUT2D eigenvalue weighted by atomic mass is 10.3. The summed E-state index contributed by atoms with van der Waals surface area (Å²) in [5.41, 5.74) is 0. The molecule has 4 heteroatoms. The number of morpholine rings is 1. The summed E-state index contributed by atoms with van der Waals surface area (Å²) in [6, 6.07) is 0.565. The molecule has 0 aromatic rings. The molecule has 0 aliphatic carbocycles. The smallest absolute Gasteiger partial charge is 0.0935 e. The molecule has 1 atom stereocenters. The molecule has 0 radical (unpaired) electrons. The third-order valence-corrected chi connectivity index (χ3v) is 2.99. The maximum atomic E-state index is 5.67. The molecule has 0 amide bonds. The Morgan fingerprint density at radius 3 is 3.00 bits per heavy atom. The molecule has 0 spiro atoms. The first kappa shape index (κ1) is 14.9. The lowest BCUT2D eigenvalue weighted by molar-refractivity contribution is -0.0680. The van der Waals surface area contributed by atoms with Gasteiger partial charge in [0.05, 0.1) is 19.3 Å². The fourth-order valence-corrected chi connectivity index (χ4v) is 1.95. The first-order valence-corrected chi connectivity index (χ1v) is 6.87. The lowest BCUT2D eigenvalue weighted by Gasteiger charge is -2.31. The standard InChI is InChI=1S/C13H28N2O2/c1-4-15-7-9-17-13(10-15)11-16-8-5-6-14-12(2)3/h12-14H,4-11H2,1-3H3. The van der Waals surface area contributed by atoms with Gasteiger partial charge in [-0.1, -0.05) is 20.8 Å². The van der Waals surface area contributed by atoms with Gasteiger partial charge in [-0.05, 0) is 19.5 Å². The molecule has 1 heterocycles. The Hall–Kier alpha value is -0.160. The van der Waals surface area contributed by atoms with Crippen LogP contribution in [0, 0.1) is 0 Å². The topological polar surface area (TPSA) is 33.7 Å². The Labute approximate surface area is 106 Å². The molecule has 1 rings (SSSR count). The van der Waals surface area contributed by atoms with Crippen molar-refractivity contribution in [2.75, 3.05) is 46.0 Å². The molecule has 1 fully saturated rings. The Morgan fingerprint density at radius 1 is 1.47 bits per heavy atom. The number of hydrogen-bond acceptors (Lipinski definition) is 4. The summed E-state index contributed by atoms with van der Waals surface area (Å²) in [4.78, 5) is 2.41. The molecule has 1 saturated heterocycles. The minimum absolute atomic E-state index is 0.266. The summed E-state index contributed by atoms with van der Waals surface area (Å²) in [5.74, 6) is 0. The summed E-state index contributed by atoms with van der Waals surface area (Å²) in [5, 5.41) is 3.38. The number of likely N-dealkylation sites (N-methyl/N-ethyl adjacent to an activating group) is 1. The van der Waals surface area contributed by atoms with Crippen LogP contribution in [0.5, 0.6) is 0 Å². The average molecular weight is 244 g/mol. The maximum Gasteiger partial charge on any atom is 0.0935 e. The Balaban J connectivity index is 1.95. The summed E-state index contributed by atoms with van der Waals surface area (Å²) in [6.45, 7) is 13.1. The highest BCUT2D eigenvalue weighted by molar-refractivity contribution is 4.69. The molecular formula is C13H28N2O2. The first-order valence-electron chi connectivity index (χ1n) is 6.87. The van der Waals surface area contributed by atoms with Gasteiger partial charge in [0.2, 0.25) is 0 Å². The molecule has 1 unspecified atom stereocenters. The average Bonchev–Trinajstić information content (AvgIpc) is 2.33. The van der Waals surface area contributed by atoms with Crippen LogP contribution in [0.1, 0.15) is 27.2 Å². The summed E-state index contributed by atoms with van der Waals surface area (Å²) in [7, 11) is 0. The van der Waals surface area contributed by atoms with Crippen molar-refractivity contribution < 1.29 is 9.47 Å². The van der Waals surface area contributed by atoms with Gasteiger partial charge in [-0.3, -0.25) is 4.90 Å². The van der Waals surface area contributed by atoms with Crippen LogP contribution in [-0.4, -0.2) is 63.0 Å². The van der Waals surface area contributed by atoms with Crippen LogP contribution in [0.3, 0.4) is 0 Å². The number of nitrogens with one attached hydrogen (secondary N) is 1. The van der Waals surface area contributed by atoms with E-state index in [1.54, 1.807) is 0 Å². The minimum atomic E-state index is 0.266. The molecule has 0 saturated carbocycles. The second-order valence-electron chi connectivity index (χ2n) is 4.92. The zero-order chi connectivity index (χ0) is 12.5. The van der Waals surface area contributed by atoms with Crippen molar-refractivity contribution in [3.8, 4) is 0 Å². The van der Waals surface area contributed by atoms with Crippen LogP contribution in [-0.2, 0) is 9.47 Å². The number of nitrogens with zero attached hydrogens (tertiary/aromatic N) is 1. The van der Waals surface area contributed by atoms with E-state index in [0.29, 0.717) is 6.04 Å². The molecule has 4 nitrogen and oxygen atoms in total. The van der Waals surface area contributed by atoms with Gasteiger partial charge in [-0.2, -0.15) is 0 Å². The second kappa shape index (κ2) is 8.86. The van der Waals surface area contributed by atoms with Crippen molar-refractivity contribution >= 4 is 0 Å². The van der Waals surface area contributed by atoms with E-state index in [2.05, 4.69) is 31.0 Å². The van der Waals surface area contributed by atoms with Gasteiger partial charge in [0.15, 0.2) is 0 Å². The van der Waals surface area contributed by atoms with E-state index in [1.807, 2.05) is 0 Å². The number of rotatable bonds is 8. The quantitative estimate of drug-likeness (QED) is 0.649. The summed E-state index contributed by atoms with van der Waals surface area (Å²) < 4.78 is 11.3. The molecule has 1 N–H and O–H groups in total. The van der Waals surface area contributed by atoms with Crippen molar-refractivity contribution in [2.24, 2.45) is 0 Å². The predicted molar refractivity (Wildman–Crippen MR) is 70.4 cm³/mol. The largest absolute Gasteiger partial charge is 0.379 e. The fraction of sp³-hybridized carbons (Fsp3) is 1.00. The SMILES string of the molecule is CCN1CCOC(COCCCNC(C)C)C1. The third kappa shape index (κ3) is 6.99. The van der Waals surface area contributed by atoms with Gasteiger partial charge in [0.1, 0.15) is 0 Å². The molecule has 1 aliphatic heterocycles. The Kier molecular flexibility index (Phi) is 7.77. The zero-order valence-electron chi connectivity index (χ0n) is 11.6. The van der Waals surface area contributed by atoms with Gasteiger partial charge in [-0.15, -0.1) is 0 Å². The Morgan fingerprint density at radius 2 is 2.29 bits per heavy atom. The van der Waals surface area contributed by atoms with Crippen LogP contribution in [0.15, 0.2) is 0 Å². The fourth-order valence-electron chi connectivity index (χ4n) is 1.95. The highest BCUT2D eigenvalue weighted by Crippen LogP contribution is 2.05. The third-order valence-electron chi connectivity index (χ3n) is 2.99. The van der Waals surface area contributed by atoms with Crippen LogP contribution in [0.4, 0.5) is 0 Å². The summed E-state index contributed by atoms with van der Waals surface area (Å²) in [6.07, 6.45) is 1.34. The number of ether oxygens (including phenoxy) is 2. The molecule has 0 aromatic carbocycles. The highest BCUT2D eigenvalue weighted by Gasteiger charge is 2.18. The van der Waals surface area contributed by atoms with Crippen LogP contribution < -0.4 is 5.32 Å². The highest BCUT2D eigenvalue weighted by atomic mass is 16.5. The Bertz CT molecular complexity index is 188. The summed E-state index contributed by atoms with van der Waals surface area (Å²) >= 11 is 0. The van der Waals surface area contributed by atoms with Crippen molar-refractivity contribution in [1.29, 1.82) is 0 Å². The minimum Gasteiger partial charge on any atom is -0.379 e. The normalized spacial score (nSPS) is 22.2. The molecule has 0 aromatic heterocycles. The predicted octanol–water partition coefficient (Wildman–Crippen LogP) is 1.11. The first-order chi connectivity index (χ1) is 8.22. The van der Waals surface area contributed by atoms with Crippen molar-refractivity contribution in [3.63, 3.8) is 0 Å². The molecule has 102 valence electrons. The second-order valence-corrected chi connectivity index (χ2v) is 4.92. The van der Waals surface area contributed by atoms with Gasteiger partial charge in [0, 0.05) is 25.7 Å². The molecular weight excluding hydrogens is 216 g/mol. The van der Waals surface area contributed by atoms with E-state index < -0.39 is 0 Å². The molecule has 0 bridgehead atoms. The van der Waals surface area contributed by atoms with Crippen molar-refractivity contribution in [3.05, 3.63) is 0 Å². The molecule has 17 heavy (non-hydrogen) atoms. The maximum absolute atomic E-state index is 5.67. The van der Waals surface area contributed by atoms with E-state index in [0.717, 1.165) is 52.4 Å². The van der Waals surface area contributed by atoms with Gasteiger partial charge >= 0.3 is 0 Å². The van der Waals surface area contributed by atoms with Crippen LogP contribution in [0.2, 0.25) is 0 Å². The van der Waals surface area contributed by atoms with Gasteiger partial charge in [0.25, 0.3) is 0 Å². The number of hydrogen-bond donors (Lipinski definition) is 1. The van der Waals surface area contributed by atoms with Crippen molar-refractivity contribution in [1.82, 2.24) is 10.2 Å². The van der Waals surface area contributed by atoms with Crippen LogP contribution >= 0.6 is 0 Å². The van der Waals surface area contributed by atoms with E-state index in [-0.39, 0.29) is 6.10 Å². The zero-order valence-corrected chi connectivity index (χ0v) is 11.6. The van der Waals surface area contributed by atoms with E-state index >= 15 is 0 Å². The van der Waals surface area contributed by atoms with E-state index in [1.165, 1.54) is 0 Å².